The second kappa shape index (κ2) is 8.34. The van der Waals surface area contributed by atoms with Gasteiger partial charge in [-0.25, -0.2) is 4.39 Å². The molecule has 9 nitrogen and oxygen atoms in total. The molecule has 0 atom stereocenters. The van der Waals surface area contributed by atoms with Crippen molar-refractivity contribution < 1.29 is 26.0 Å². The van der Waals surface area contributed by atoms with Crippen molar-refractivity contribution in [1.82, 2.24) is 19.6 Å². The summed E-state index contributed by atoms with van der Waals surface area (Å²) in [5, 5.41) is 8.02. The van der Waals surface area contributed by atoms with E-state index in [1.165, 1.54) is 44.4 Å². The summed E-state index contributed by atoms with van der Waals surface area (Å²) < 4.78 is 54.6. The van der Waals surface area contributed by atoms with Crippen LogP contribution in [0, 0.1) is 12.7 Å². The van der Waals surface area contributed by atoms with Gasteiger partial charge in [0, 0.05) is 19.7 Å². The average Bonchev–Trinajstić information content (AvgIpc) is 3.35. The van der Waals surface area contributed by atoms with Gasteiger partial charge in [0.15, 0.2) is 0 Å². The van der Waals surface area contributed by atoms with Crippen molar-refractivity contribution in [3.8, 4) is 39.8 Å². The topological polar surface area (TPSA) is 112 Å². The third-order valence-electron chi connectivity index (χ3n) is 4.46. The summed E-state index contributed by atoms with van der Waals surface area (Å²) in [5.41, 5.74) is 1.05. The molecule has 0 unspecified atom stereocenters. The van der Waals surface area contributed by atoms with E-state index in [-0.39, 0.29) is 33.7 Å². The summed E-state index contributed by atoms with van der Waals surface area (Å²) in [6.07, 6.45) is 0. The highest BCUT2D eigenvalue weighted by Gasteiger charge is 2.26. The molecule has 12 heteroatoms. The van der Waals surface area contributed by atoms with Crippen LogP contribution in [0.5, 0.6) is 5.75 Å². The van der Waals surface area contributed by atoms with E-state index < -0.39 is 16.1 Å². The predicted molar refractivity (Wildman–Crippen MR) is 114 cm³/mol. The van der Waals surface area contributed by atoms with Crippen molar-refractivity contribution in [2.24, 2.45) is 0 Å². The maximum atomic E-state index is 14.4. The standard InChI is InChI=1S/C20H16ClFN4O5S/c1-11-16(18(24-29-11)17-14(21)5-4-6-15(17)22)20-23-19(25-30-20)12-7-9-13(10-8-12)31-32(27,28)26(2)3/h4-10H,1-3H3. The van der Waals surface area contributed by atoms with Crippen LogP contribution in [0.25, 0.3) is 34.1 Å². The van der Waals surface area contributed by atoms with Crippen LogP contribution in [0.15, 0.2) is 51.5 Å². The van der Waals surface area contributed by atoms with Crippen LogP contribution >= 0.6 is 11.6 Å². The Labute approximate surface area is 187 Å². The molecule has 4 rings (SSSR count). The first-order valence-electron chi connectivity index (χ1n) is 9.14. The van der Waals surface area contributed by atoms with Gasteiger partial charge < -0.3 is 13.2 Å². The van der Waals surface area contributed by atoms with Gasteiger partial charge in [-0.05, 0) is 43.3 Å². The van der Waals surface area contributed by atoms with E-state index in [9.17, 15) is 12.8 Å². The molecule has 0 aliphatic rings. The largest absolute Gasteiger partial charge is 0.384 e. The van der Waals surface area contributed by atoms with Crippen molar-refractivity contribution in [3.05, 3.63) is 59.1 Å². The van der Waals surface area contributed by atoms with Crippen LogP contribution in [-0.4, -0.2) is 42.1 Å². The molecule has 0 fully saturated rings. The minimum absolute atomic E-state index is 0.0589. The van der Waals surface area contributed by atoms with Gasteiger partial charge in [-0.3, -0.25) is 0 Å². The van der Waals surface area contributed by atoms with Gasteiger partial charge >= 0.3 is 10.3 Å². The zero-order valence-corrected chi connectivity index (χ0v) is 18.6. The molecule has 0 spiro atoms. The third kappa shape index (κ3) is 4.09. The molecule has 0 bridgehead atoms. The van der Waals surface area contributed by atoms with Crippen LogP contribution in [0.2, 0.25) is 5.02 Å². The highest BCUT2D eigenvalue weighted by molar-refractivity contribution is 7.84. The summed E-state index contributed by atoms with van der Waals surface area (Å²) in [4.78, 5) is 4.35. The van der Waals surface area contributed by atoms with E-state index in [2.05, 4.69) is 15.3 Å². The van der Waals surface area contributed by atoms with Crippen molar-refractivity contribution in [2.75, 3.05) is 14.1 Å². The van der Waals surface area contributed by atoms with Crippen molar-refractivity contribution in [1.29, 1.82) is 0 Å². The van der Waals surface area contributed by atoms with Gasteiger partial charge in [0.1, 0.15) is 28.6 Å². The van der Waals surface area contributed by atoms with Crippen LogP contribution < -0.4 is 4.18 Å². The summed E-state index contributed by atoms with van der Waals surface area (Å²) in [5.74, 6) is 0.163. The van der Waals surface area contributed by atoms with E-state index in [4.69, 9.17) is 24.8 Å². The lowest BCUT2D eigenvalue weighted by Gasteiger charge is -2.11. The molecule has 2 aromatic heterocycles. The zero-order valence-electron chi connectivity index (χ0n) is 17.0. The fraction of sp³-hybridized carbons (Fsp3) is 0.150. The molecule has 0 amide bonds. The minimum Gasteiger partial charge on any atom is -0.371 e. The van der Waals surface area contributed by atoms with Gasteiger partial charge in [-0.15, -0.1) is 0 Å². The molecule has 0 radical (unpaired) electrons. The number of aromatic nitrogens is 3. The maximum absolute atomic E-state index is 14.4. The molecule has 166 valence electrons. The molecule has 32 heavy (non-hydrogen) atoms. The maximum Gasteiger partial charge on any atom is 0.384 e. The van der Waals surface area contributed by atoms with Gasteiger partial charge in [0.2, 0.25) is 5.82 Å². The predicted octanol–water partition coefficient (Wildman–Crippen LogP) is 4.34. The second-order valence-corrected chi connectivity index (χ2v) is 8.99. The van der Waals surface area contributed by atoms with E-state index in [0.29, 0.717) is 16.9 Å². The SMILES string of the molecule is Cc1onc(-c2c(F)cccc2Cl)c1-c1nc(-c2ccc(OS(=O)(=O)N(C)C)cc2)no1. The van der Waals surface area contributed by atoms with Crippen LogP contribution in [-0.2, 0) is 10.3 Å². The monoisotopic (exact) mass is 478 g/mol. The molecule has 2 aromatic carbocycles. The lowest BCUT2D eigenvalue weighted by atomic mass is 10.1. The number of hydrogen-bond acceptors (Lipinski definition) is 8. The van der Waals surface area contributed by atoms with Crippen molar-refractivity contribution >= 4 is 21.9 Å². The number of aryl methyl sites for hydroxylation is 1. The highest BCUT2D eigenvalue weighted by atomic mass is 35.5. The van der Waals surface area contributed by atoms with Gasteiger partial charge in [0.25, 0.3) is 5.89 Å². The summed E-state index contributed by atoms with van der Waals surface area (Å²) in [7, 11) is -1.15. The number of benzene rings is 2. The fourth-order valence-electron chi connectivity index (χ4n) is 2.82. The van der Waals surface area contributed by atoms with Gasteiger partial charge in [-0.2, -0.15) is 17.7 Å². The summed E-state index contributed by atoms with van der Waals surface area (Å²) in [6.45, 7) is 1.63. The van der Waals surface area contributed by atoms with Crippen LogP contribution in [0.4, 0.5) is 4.39 Å². The van der Waals surface area contributed by atoms with E-state index in [0.717, 1.165) is 4.31 Å². The van der Waals surface area contributed by atoms with E-state index in [1.54, 1.807) is 19.1 Å². The first kappa shape index (κ1) is 21.9. The van der Waals surface area contributed by atoms with Crippen molar-refractivity contribution in [3.63, 3.8) is 0 Å². The second-order valence-electron chi connectivity index (χ2n) is 6.83. The number of halogens is 2. The first-order chi connectivity index (χ1) is 15.2. The smallest absolute Gasteiger partial charge is 0.371 e. The Morgan fingerprint density at radius 3 is 2.41 bits per heavy atom. The van der Waals surface area contributed by atoms with Gasteiger partial charge in [0.05, 0.1) is 10.6 Å². The molecule has 0 aliphatic carbocycles. The molecule has 4 aromatic rings. The van der Waals surface area contributed by atoms with Crippen LogP contribution in [0.1, 0.15) is 5.76 Å². The Bertz CT molecular complexity index is 1360. The molecule has 0 aliphatic heterocycles. The minimum atomic E-state index is -3.87. The lowest BCUT2D eigenvalue weighted by molar-refractivity contribution is 0.397. The fourth-order valence-corrected chi connectivity index (χ4v) is 3.57. The molecule has 0 N–H and O–H groups in total. The van der Waals surface area contributed by atoms with Crippen LogP contribution in [0.3, 0.4) is 0 Å². The Balaban J connectivity index is 1.67. The molecule has 0 saturated heterocycles. The molecule has 0 saturated carbocycles. The summed E-state index contributed by atoms with van der Waals surface area (Å²) >= 11 is 6.17. The lowest BCUT2D eigenvalue weighted by Crippen LogP contribution is -2.26. The molecular formula is C20H16ClFN4O5S. The average molecular weight is 479 g/mol. The Kier molecular flexibility index (Phi) is 5.71. The summed E-state index contributed by atoms with van der Waals surface area (Å²) in [6, 6.07) is 10.3. The van der Waals surface area contributed by atoms with E-state index >= 15 is 0 Å². The Morgan fingerprint density at radius 2 is 1.75 bits per heavy atom. The quantitative estimate of drug-likeness (QED) is 0.402. The normalized spacial score (nSPS) is 11.8. The number of rotatable bonds is 6. The number of hydrogen-bond donors (Lipinski definition) is 0. The molecule has 2 heterocycles. The third-order valence-corrected chi connectivity index (χ3v) is 6.08. The number of nitrogens with zero attached hydrogens (tertiary/aromatic N) is 4. The van der Waals surface area contributed by atoms with Gasteiger partial charge in [-0.1, -0.05) is 28.0 Å². The Hall–Kier alpha value is -3.28. The zero-order chi connectivity index (χ0) is 23.0. The van der Waals surface area contributed by atoms with E-state index in [1.807, 2.05) is 0 Å². The van der Waals surface area contributed by atoms with Crippen molar-refractivity contribution in [2.45, 2.75) is 6.92 Å². The molecular weight excluding hydrogens is 463 g/mol. The highest BCUT2D eigenvalue weighted by Crippen LogP contribution is 2.38. The first-order valence-corrected chi connectivity index (χ1v) is 10.9. The Morgan fingerprint density at radius 1 is 1.03 bits per heavy atom.